The highest BCUT2D eigenvalue weighted by Crippen LogP contribution is 2.03. The molecule has 0 spiro atoms. The van der Waals surface area contributed by atoms with E-state index in [1.54, 1.807) is 0 Å². The van der Waals surface area contributed by atoms with Crippen molar-refractivity contribution in [1.82, 2.24) is 10.2 Å². The smallest absolute Gasteiger partial charge is 0.0271 e. The lowest BCUT2D eigenvalue weighted by atomic mass is 10.2. The van der Waals surface area contributed by atoms with Gasteiger partial charge in [-0.3, -0.25) is 0 Å². The zero-order valence-electron chi connectivity index (χ0n) is 9.83. The van der Waals surface area contributed by atoms with Crippen molar-refractivity contribution in [1.29, 1.82) is 0 Å². The van der Waals surface area contributed by atoms with E-state index in [4.69, 9.17) is 0 Å². The number of hydrogen-bond donors (Lipinski definition) is 1. The molecule has 0 aromatic heterocycles. The van der Waals surface area contributed by atoms with Crippen molar-refractivity contribution in [3.05, 3.63) is 41.6 Å². The van der Waals surface area contributed by atoms with Crippen molar-refractivity contribution in [3.63, 3.8) is 0 Å². The van der Waals surface area contributed by atoms with Crippen molar-refractivity contribution >= 4 is 6.08 Å². The Balaban J connectivity index is 2.40. The summed E-state index contributed by atoms with van der Waals surface area (Å²) in [5, 5.41) is 3.38. The van der Waals surface area contributed by atoms with Crippen LogP contribution >= 0.6 is 0 Å². The molecule has 0 radical (unpaired) electrons. The van der Waals surface area contributed by atoms with Crippen molar-refractivity contribution in [2.75, 3.05) is 27.2 Å². The Morgan fingerprint density at radius 2 is 1.93 bits per heavy atom. The van der Waals surface area contributed by atoms with Crippen LogP contribution < -0.4 is 5.32 Å². The molecular weight excluding hydrogens is 184 g/mol. The average Bonchev–Trinajstić information content (AvgIpc) is 2.18. The van der Waals surface area contributed by atoms with Gasteiger partial charge >= 0.3 is 0 Å². The number of allylic oxidation sites excluding steroid dienone is 1. The lowest BCUT2D eigenvalue weighted by molar-refractivity contribution is 0.408. The summed E-state index contributed by atoms with van der Waals surface area (Å²) in [6.07, 6.45) is 2.16. The molecule has 0 saturated carbocycles. The van der Waals surface area contributed by atoms with Crippen LogP contribution in [0.5, 0.6) is 0 Å². The molecule has 0 heterocycles. The van der Waals surface area contributed by atoms with E-state index >= 15 is 0 Å². The first-order valence-electron chi connectivity index (χ1n) is 5.30. The zero-order valence-corrected chi connectivity index (χ0v) is 9.83. The molecule has 1 N–H and O–H groups in total. The van der Waals surface area contributed by atoms with Crippen LogP contribution in [0.2, 0.25) is 0 Å². The molecule has 0 atom stereocenters. The van der Waals surface area contributed by atoms with Crippen LogP contribution in [-0.4, -0.2) is 32.1 Å². The molecule has 0 amide bonds. The number of hydrogen-bond acceptors (Lipinski definition) is 2. The minimum absolute atomic E-state index is 0.988. The Bertz CT molecular complexity index is 302. The monoisotopic (exact) mass is 204 g/mol. The minimum atomic E-state index is 0.988. The van der Waals surface area contributed by atoms with Gasteiger partial charge in [0.25, 0.3) is 0 Å². The maximum Gasteiger partial charge on any atom is 0.0271 e. The van der Waals surface area contributed by atoms with Gasteiger partial charge in [-0.2, -0.15) is 0 Å². The summed E-state index contributed by atoms with van der Waals surface area (Å²) in [5.74, 6) is 0. The second kappa shape index (κ2) is 6.25. The van der Waals surface area contributed by atoms with Gasteiger partial charge in [-0.25, -0.2) is 0 Å². The van der Waals surface area contributed by atoms with E-state index in [-0.39, 0.29) is 0 Å². The predicted octanol–water partition coefficient (Wildman–Crippen LogP) is 2.20. The largest absolute Gasteiger partial charge is 0.387 e. The number of rotatable bonds is 5. The molecule has 15 heavy (non-hydrogen) atoms. The van der Waals surface area contributed by atoms with Crippen LogP contribution in [0, 0.1) is 0 Å². The maximum atomic E-state index is 3.38. The second-order valence-electron chi connectivity index (χ2n) is 3.97. The molecular formula is C13H20N2. The highest BCUT2D eigenvalue weighted by atomic mass is 15.1. The van der Waals surface area contributed by atoms with Gasteiger partial charge in [0.05, 0.1) is 0 Å². The van der Waals surface area contributed by atoms with Crippen LogP contribution in [0.1, 0.15) is 12.5 Å². The van der Waals surface area contributed by atoms with E-state index < -0.39 is 0 Å². The van der Waals surface area contributed by atoms with Gasteiger partial charge in [-0.1, -0.05) is 30.3 Å². The van der Waals surface area contributed by atoms with Crippen LogP contribution in [0.15, 0.2) is 36.0 Å². The first-order chi connectivity index (χ1) is 7.18. The van der Waals surface area contributed by atoms with E-state index in [1.807, 2.05) is 6.07 Å². The third-order valence-electron chi connectivity index (χ3n) is 2.15. The molecule has 0 bridgehead atoms. The molecule has 0 aliphatic heterocycles. The Morgan fingerprint density at radius 1 is 1.27 bits per heavy atom. The van der Waals surface area contributed by atoms with Crippen molar-refractivity contribution < 1.29 is 0 Å². The molecule has 2 nitrogen and oxygen atoms in total. The quantitative estimate of drug-likeness (QED) is 0.791. The average molecular weight is 204 g/mol. The van der Waals surface area contributed by atoms with Crippen molar-refractivity contribution in [3.8, 4) is 0 Å². The SMILES string of the molecule is CC(=Cc1ccccc1)NCCN(C)C. The van der Waals surface area contributed by atoms with E-state index in [9.17, 15) is 0 Å². The lowest BCUT2D eigenvalue weighted by Crippen LogP contribution is -2.25. The molecule has 0 aliphatic rings. The van der Waals surface area contributed by atoms with Gasteiger partial charge in [0.2, 0.25) is 0 Å². The van der Waals surface area contributed by atoms with E-state index in [1.165, 1.54) is 11.3 Å². The predicted molar refractivity (Wildman–Crippen MR) is 66.6 cm³/mol. The fourth-order valence-electron chi connectivity index (χ4n) is 1.33. The molecule has 0 fully saturated rings. The first kappa shape index (κ1) is 11.8. The number of nitrogens with zero attached hydrogens (tertiary/aromatic N) is 1. The number of nitrogens with one attached hydrogen (secondary N) is 1. The van der Waals surface area contributed by atoms with Gasteiger partial charge < -0.3 is 10.2 Å². The molecule has 2 heteroatoms. The van der Waals surface area contributed by atoms with Gasteiger partial charge in [-0.05, 0) is 32.7 Å². The Labute approximate surface area is 92.6 Å². The Kier molecular flexibility index (Phi) is 4.91. The number of likely N-dealkylation sites (N-methyl/N-ethyl adjacent to an activating group) is 1. The van der Waals surface area contributed by atoms with Gasteiger partial charge in [0.15, 0.2) is 0 Å². The van der Waals surface area contributed by atoms with E-state index in [2.05, 4.69) is 61.6 Å². The fraction of sp³-hybridized carbons (Fsp3) is 0.385. The summed E-state index contributed by atoms with van der Waals surface area (Å²) in [7, 11) is 4.16. The molecule has 82 valence electrons. The summed E-state index contributed by atoms with van der Waals surface area (Å²) >= 11 is 0. The summed E-state index contributed by atoms with van der Waals surface area (Å²) in [4.78, 5) is 2.17. The van der Waals surface area contributed by atoms with Crippen LogP contribution in [-0.2, 0) is 0 Å². The zero-order chi connectivity index (χ0) is 11.1. The normalized spacial score (nSPS) is 11.9. The maximum absolute atomic E-state index is 3.38. The summed E-state index contributed by atoms with van der Waals surface area (Å²) < 4.78 is 0. The van der Waals surface area contributed by atoms with Gasteiger partial charge in [0.1, 0.15) is 0 Å². The Hall–Kier alpha value is -1.28. The molecule has 0 aliphatic carbocycles. The fourth-order valence-corrected chi connectivity index (χ4v) is 1.33. The van der Waals surface area contributed by atoms with Crippen molar-refractivity contribution in [2.24, 2.45) is 0 Å². The molecule has 0 unspecified atom stereocenters. The minimum Gasteiger partial charge on any atom is -0.387 e. The topological polar surface area (TPSA) is 15.3 Å². The third-order valence-corrected chi connectivity index (χ3v) is 2.15. The highest BCUT2D eigenvalue weighted by Gasteiger charge is 1.91. The summed E-state index contributed by atoms with van der Waals surface area (Å²) in [6, 6.07) is 10.4. The Morgan fingerprint density at radius 3 is 2.53 bits per heavy atom. The molecule has 1 aromatic carbocycles. The van der Waals surface area contributed by atoms with Crippen molar-refractivity contribution in [2.45, 2.75) is 6.92 Å². The second-order valence-corrected chi connectivity index (χ2v) is 3.97. The van der Waals surface area contributed by atoms with E-state index in [0.29, 0.717) is 0 Å². The summed E-state index contributed by atoms with van der Waals surface area (Å²) in [5.41, 5.74) is 2.45. The van der Waals surface area contributed by atoms with Crippen LogP contribution in [0.4, 0.5) is 0 Å². The molecule has 1 rings (SSSR count). The van der Waals surface area contributed by atoms with Crippen LogP contribution in [0.3, 0.4) is 0 Å². The number of benzene rings is 1. The highest BCUT2D eigenvalue weighted by molar-refractivity contribution is 5.51. The van der Waals surface area contributed by atoms with Crippen LogP contribution in [0.25, 0.3) is 6.08 Å². The summed E-state index contributed by atoms with van der Waals surface area (Å²) in [6.45, 7) is 4.14. The van der Waals surface area contributed by atoms with Gasteiger partial charge in [-0.15, -0.1) is 0 Å². The third kappa shape index (κ3) is 5.23. The first-order valence-corrected chi connectivity index (χ1v) is 5.30. The molecule has 0 saturated heterocycles. The van der Waals surface area contributed by atoms with Gasteiger partial charge in [0, 0.05) is 18.8 Å². The van der Waals surface area contributed by atoms with E-state index in [0.717, 1.165) is 13.1 Å². The molecule has 1 aromatic rings. The lowest BCUT2D eigenvalue weighted by Gasteiger charge is -2.11. The standard InChI is InChI=1S/C13H20N2/c1-12(14-9-10-15(2)3)11-13-7-5-4-6-8-13/h4-8,11,14H,9-10H2,1-3H3.